The van der Waals surface area contributed by atoms with Crippen LogP contribution in [0.4, 0.5) is 0 Å². The summed E-state index contributed by atoms with van der Waals surface area (Å²) < 4.78 is 8.86. The third-order valence-electron chi connectivity index (χ3n) is 5.88. The highest BCUT2D eigenvalue weighted by molar-refractivity contribution is 8.45. The van der Waals surface area contributed by atoms with Crippen molar-refractivity contribution in [2.45, 2.75) is 90.9 Å². The minimum Gasteiger partial charge on any atom is -0.192 e. The summed E-state index contributed by atoms with van der Waals surface area (Å²) in [5.74, 6) is 2.43. The van der Waals surface area contributed by atoms with E-state index in [2.05, 4.69) is 43.4 Å². The molecule has 2 aromatic heterocycles. The van der Waals surface area contributed by atoms with Crippen molar-refractivity contribution in [1.29, 1.82) is 10.5 Å². The van der Waals surface area contributed by atoms with E-state index >= 15 is 0 Å². The van der Waals surface area contributed by atoms with Crippen LogP contribution >= 0.6 is 69.7 Å². The number of unbranched alkanes of at least 4 members (excludes halogenated alkanes) is 10. The molecule has 3 heterocycles. The fourth-order valence-corrected chi connectivity index (χ4v) is 12.3. The molecule has 194 valence electrons. The summed E-state index contributed by atoms with van der Waals surface area (Å²) >= 11 is 11.4. The minimum absolute atomic E-state index is 0.214. The molecule has 1 aliphatic rings. The van der Waals surface area contributed by atoms with Crippen LogP contribution in [-0.4, -0.2) is 11.5 Å². The van der Waals surface area contributed by atoms with Gasteiger partial charge >= 0.3 is 0 Å². The monoisotopic (exact) mass is 592 g/mol. The van der Waals surface area contributed by atoms with Crippen LogP contribution in [0.2, 0.25) is 0 Å². The summed E-state index contributed by atoms with van der Waals surface area (Å²) in [6, 6.07) is 8.31. The standard InChI is InChI=1S/C28H36N2S6/c1-3-5-7-9-11-13-15-31-27-28(32-16-14-12-10-8-6-4-2)36-26(35-27)25-18-24-23(34-25)17-22(33-24)21(19-29)20-30/h17-18H,3-16H2,1-2H3. The Kier molecular flexibility index (Phi) is 14.3. The first-order valence-electron chi connectivity index (χ1n) is 13.1. The molecular formula is C28H36N2S6. The van der Waals surface area contributed by atoms with E-state index in [4.69, 9.17) is 0 Å². The molecule has 36 heavy (non-hydrogen) atoms. The molecule has 0 spiro atoms. The Hall–Kier alpha value is -0.480. The molecule has 0 unspecified atom stereocenters. The van der Waals surface area contributed by atoms with Crippen LogP contribution in [0.25, 0.3) is 19.2 Å². The number of hydrogen-bond donors (Lipinski definition) is 0. The predicted molar refractivity (Wildman–Crippen MR) is 171 cm³/mol. The molecule has 0 bridgehead atoms. The van der Waals surface area contributed by atoms with Crippen molar-refractivity contribution in [3.63, 3.8) is 0 Å². The largest absolute Gasteiger partial charge is 0.192 e. The zero-order valence-corrected chi connectivity index (χ0v) is 26.3. The average molecular weight is 593 g/mol. The normalized spacial score (nSPS) is 13.5. The fraction of sp³-hybridized carbons (Fsp3) is 0.571. The lowest BCUT2D eigenvalue weighted by Gasteiger charge is -2.05. The van der Waals surface area contributed by atoms with Gasteiger partial charge in [-0.25, -0.2) is 0 Å². The van der Waals surface area contributed by atoms with Gasteiger partial charge in [0.25, 0.3) is 0 Å². The van der Waals surface area contributed by atoms with Gasteiger partial charge in [0.05, 0.1) is 17.2 Å². The number of rotatable bonds is 16. The SMILES string of the molecule is CCCCCCCCSC1=C(SCCCCCCCC)SC(=c2cc3sc(=C(C#N)C#N)cc3s2)S1. The van der Waals surface area contributed by atoms with Crippen LogP contribution in [0.15, 0.2) is 20.6 Å². The second-order valence-corrected chi connectivity index (χ2v) is 16.0. The van der Waals surface area contributed by atoms with E-state index in [0.717, 1.165) is 4.53 Å². The third-order valence-corrected chi connectivity index (χ3v) is 14.2. The number of nitrogens with zero attached hydrogens (tertiary/aromatic N) is 2. The Morgan fingerprint density at radius 1 is 0.694 bits per heavy atom. The lowest BCUT2D eigenvalue weighted by molar-refractivity contribution is 0.627. The van der Waals surface area contributed by atoms with Crippen molar-refractivity contribution in [1.82, 2.24) is 0 Å². The summed E-state index contributed by atoms with van der Waals surface area (Å²) in [6.07, 6.45) is 16.2. The maximum absolute atomic E-state index is 9.19. The first-order valence-corrected chi connectivity index (χ1v) is 18.4. The van der Waals surface area contributed by atoms with Gasteiger partial charge in [0.15, 0.2) is 0 Å². The average Bonchev–Trinajstić information content (AvgIpc) is 3.57. The number of nitriles is 2. The highest BCUT2D eigenvalue weighted by Gasteiger charge is 2.23. The van der Waals surface area contributed by atoms with Crippen LogP contribution in [0.1, 0.15) is 90.9 Å². The van der Waals surface area contributed by atoms with E-state index < -0.39 is 0 Å². The molecule has 2 nitrogen and oxygen atoms in total. The molecule has 2 aromatic rings. The van der Waals surface area contributed by atoms with Gasteiger partial charge in [-0.2, -0.15) is 10.5 Å². The quantitative estimate of drug-likeness (QED) is 0.181. The lowest BCUT2D eigenvalue weighted by atomic mass is 10.1. The molecule has 0 radical (unpaired) electrons. The topological polar surface area (TPSA) is 47.6 Å². The van der Waals surface area contributed by atoms with Crippen molar-refractivity contribution < 1.29 is 0 Å². The molecule has 0 atom stereocenters. The molecule has 0 saturated heterocycles. The zero-order valence-electron chi connectivity index (χ0n) is 21.4. The van der Waals surface area contributed by atoms with Crippen LogP contribution < -0.4 is 9.06 Å². The molecule has 8 heteroatoms. The lowest BCUT2D eigenvalue weighted by Crippen LogP contribution is -1.95. The van der Waals surface area contributed by atoms with E-state index in [-0.39, 0.29) is 5.57 Å². The minimum atomic E-state index is 0.214. The highest BCUT2D eigenvalue weighted by Crippen LogP contribution is 2.58. The van der Waals surface area contributed by atoms with Crippen LogP contribution in [0.5, 0.6) is 0 Å². The van der Waals surface area contributed by atoms with Gasteiger partial charge in [-0.3, -0.25) is 0 Å². The smallest absolute Gasteiger partial charge is 0.146 e. The number of thioether (sulfide) groups is 4. The molecular weight excluding hydrogens is 557 g/mol. The molecule has 0 amide bonds. The number of thiophene rings is 2. The maximum atomic E-state index is 9.19. The Labute approximate surface area is 242 Å². The summed E-state index contributed by atoms with van der Waals surface area (Å²) in [5, 5.41) is 18.4. The Morgan fingerprint density at radius 3 is 1.69 bits per heavy atom. The molecule has 0 N–H and O–H groups in total. The van der Waals surface area contributed by atoms with E-state index in [1.165, 1.54) is 115 Å². The summed E-state index contributed by atoms with van der Waals surface area (Å²) in [4.78, 5) is 0. The first-order chi connectivity index (χ1) is 17.7. The zero-order chi connectivity index (χ0) is 25.6. The molecule has 0 fully saturated rings. The molecule has 3 rings (SSSR count). The summed E-state index contributed by atoms with van der Waals surface area (Å²) in [5.41, 5.74) is 0.214. The van der Waals surface area contributed by atoms with Gasteiger partial charge in [-0.1, -0.05) is 102 Å². The predicted octanol–water partition coefficient (Wildman–Crippen LogP) is 10.0. The van der Waals surface area contributed by atoms with Gasteiger partial charge in [-0.15, -0.1) is 46.2 Å². The first kappa shape index (κ1) is 30.1. The Balaban J connectivity index is 1.65. The van der Waals surface area contributed by atoms with Crippen LogP contribution in [0.3, 0.4) is 0 Å². The van der Waals surface area contributed by atoms with Gasteiger partial charge < -0.3 is 0 Å². The summed E-state index contributed by atoms with van der Waals surface area (Å²) in [7, 11) is 0. The Bertz CT molecular complexity index is 1120. The Morgan fingerprint density at radius 2 is 1.19 bits per heavy atom. The van der Waals surface area contributed by atoms with Crippen LogP contribution in [0, 0.1) is 22.7 Å². The molecule has 0 aromatic carbocycles. The number of hydrogen-bond acceptors (Lipinski definition) is 8. The second kappa shape index (κ2) is 17.2. The van der Waals surface area contributed by atoms with E-state index in [0.29, 0.717) is 0 Å². The fourth-order valence-electron chi connectivity index (χ4n) is 3.84. The van der Waals surface area contributed by atoms with E-state index in [1.807, 2.05) is 41.7 Å². The summed E-state index contributed by atoms with van der Waals surface area (Å²) in [6.45, 7) is 4.56. The molecule has 0 saturated carbocycles. The van der Waals surface area contributed by atoms with Crippen molar-refractivity contribution >= 4 is 88.9 Å². The van der Waals surface area contributed by atoms with Gasteiger partial charge in [0.1, 0.15) is 17.7 Å². The van der Waals surface area contributed by atoms with Crippen molar-refractivity contribution in [2.24, 2.45) is 0 Å². The third kappa shape index (κ3) is 9.37. The van der Waals surface area contributed by atoms with E-state index in [9.17, 15) is 10.5 Å². The van der Waals surface area contributed by atoms with Gasteiger partial charge in [0.2, 0.25) is 0 Å². The maximum Gasteiger partial charge on any atom is 0.146 e. The van der Waals surface area contributed by atoms with Crippen molar-refractivity contribution in [3.8, 4) is 12.1 Å². The van der Waals surface area contributed by atoms with Crippen molar-refractivity contribution in [2.75, 3.05) is 11.5 Å². The van der Waals surface area contributed by atoms with E-state index in [1.54, 1.807) is 22.7 Å². The van der Waals surface area contributed by atoms with Gasteiger partial charge in [0, 0.05) is 13.9 Å². The highest BCUT2D eigenvalue weighted by atomic mass is 32.3. The molecule has 1 aliphatic heterocycles. The molecule has 0 aliphatic carbocycles. The second-order valence-electron chi connectivity index (χ2n) is 8.85. The van der Waals surface area contributed by atoms with Gasteiger partial charge in [-0.05, 0) is 36.5 Å². The number of fused-ring (bicyclic) bond motifs is 1. The van der Waals surface area contributed by atoms with Crippen molar-refractivity contribution in [3.05, 3.63) is 29.7 Å². The van der Waals surface area contributed by atoms with Crippen LogP contribution in [-0.2, 0) is 0 Å².